The highest BCUT2D eigenvalue weighted by Crippen LogP contribution is 2.39. The first-order valence-electron chi connectivity index (χ1n) is 13.3. The van der Waals surface area contributed by atoms with Crippen molar-refractivity contribution in [1.82, 2.24) is 14.8 Å². The molecule has 1 atom stereocenters. The summed E-state index contributed by atoms with van der Waals surface area (Å²) in [6.45, 7) is 6.16. The van der Waals surface area contributed by atoms with Gasteiger partial charge in [-0.3, -0.25) is 4.79 Å². The number of benzene rings is 2. The van der Waals surface area contributed by atoms with Crippen molar-refractivity contribution in [2.75, 3.05) is 36.8 Å². The largest absolute Gasteiger partial charge is 0.497 e. The molecule has 2 aromatic carbocycles. The Morgan fingerprint density at radius 3 is 2.47 bits per heavy atom. The standard InChI is InChI=1S/C30H34Cl2N6O4S/c1-30(2,3)23-15-25(38(37-23)19-6-8-20(42-5)9-7-19)36-29(40)34-21-10-11-22(28(32)27(21)31)43-17-18-12-13-33-24(14-18)35-26(39)16-41-4/h6-15,29,34,36,40H,16-17H2,1-5H3,(H,33,35,39). The zero-order chi connectivity index (χ0) is 31.1. The van der Waals surface area contributed by atoms with Gasteiger partial charge in [-0.1, -0.05) is 44.0 Å². The van der Waals surface area contributed by atoms with E-state index in [2.05, 4.69) is 41.7 Å². The van der Waals surface area contributed by atoms with Gasteiger partial charge in [0.2, 0.25) is 6.35 Å². The van der Waals surface area contributed by atoms with Crippen molar-refractivity contribution in [3.63, 3.8) is 0 Å². The number of nitrogens with zero attached hydrogens (tertiary/aromatic N) is 3. The summed E-state index contributed by atoms with van der Waals surface area (Å²) in [5.74, 6) is 2.03. The van der Waals surface area contributed by atoms with Crippen LogP contribution < -0.4 is 20.7 Å². The Balaban J connectivity index is 1.45. The first-order chi connectivity index (χ1) is 20.5. The molecule has 1 amide bonds. The molecule has 4 N–H and O–H groups in total. The number of aliphatic hydroxyl groups is 1. The Labute approximate surface area is 265 Å². The summed E-state index contributed by atoms with van der Waals surface area (Å²) >= 11 is 14.7. The lowest BCUT2D eigenvalue weighted by molar-refractivity contribution is -0.119. The van der Waals surface area contributed by atoms with E-state index < -0.39 is 6.35 Å². The molecule has 0 radical (unpaired) electrons. The number of aromatic nitrogens is 3. The number of ether oxygens (including phenoxy) is 2. The van der Waals surface area contributed by atoms with Crippen molar-refractivity contribution in [2.24, 2.45) is 0 Å². The van der Waals surface area contributed by atoms with Crippen LogP contribution in [0.5, 0.6) is 5.75 Å². The molecule has 2 heterocycles. The third-order valence-corrected chi connectivity index (χ3v) is 8.30. The molecule has 0 bridgehead atoms. The lowest BCUT2D eigenvalue weighted by atomic mass is 9.92. The van der Waals surface area contributed by atoms with Gasteiger partial charge >= 0.3 is 0 Å². The minimum atomic E-state index is -1.21. The van der Waals surface area contributed by atoms with Gasteiger partial charge in [-0.25, -0.2) is 9.67 Å². The SMILES string of the molecule is COCC(=O)Nc1cc(CSc2ccc(NC(O)Nc3cc(C(C)(C)C)nn3-c3ccc(OC)cc3)c(Cl)c2Cl)ccn1. The summed E-state index contributed by atoms with van der Waals surface area (Å²) in [6.07, 6.45) is 0.413. The third-order valence-electron chi connectivity index (χ3n) is 6.18. The van der Waals surface area contributed by atoms with Crippen molar-refractivity contribution in [2.45, 2.75) is 43.2 Å². The Morgan fingerprint density at radius 1 is 1.05 bits per heavy atom. The van der Waals surface area contributed by atoms with E-state index in [1.165, 1.54) is 18.9 Å². The van der Waals surface area contributed by atoms with Crippen LogP contribution in [-0.4, -0.2) is 53.0 Å². The smallest absolute Gasteiger partial charge is 0.251 e. The molecule has 0 spiro atoms. The fraction of sp³-hybridized carbons (Fsp3) is 0.300. The Bertz CT molecular complexity index is 1560. The van der Waals surface area contributed by atoms with Crippen LogP contribution in [0.25, 0.3) is 5.69 Å². The molecule has 13 heteroatoms. The highest BCUT2D eigenvalue weighted by molar-refractivity contribution is 7.98. The number of amides is 1. The molecule has 0 aliphatic heterocycles. The number of halogens is 2. The fourth-order valence-electron chi connectivity index (χ4n) is 3.95. The van der Waals surface area contributed by atoms with Crippen molar-refractivity contribution in [3.8, 4) is 11.4 Å². The van der Waals surface area contributed by atoms with E-state index in [9.17, 15) is 9.90 Å². The Kier molecular flexibility index (Phi) is 10.8. The first kappa shape index (κ1) is 32.4. The zero-order valence-electron chi connectivity index (χ0n) is 24.4. The predicted molar refractivity (Wildman–Crippen MR) is 173 cm³/mol. The van der Waals surface area contributed by atoms with Crippen LogP contribution in [0.3, 0.4) is 0 Å². The number of anilines is 3. The molecule has 1 unspecified atom stereocenters. The van der Waals surface area contributed by atoms with Crippen LogP contribution in [0.2, 0.25) is 10.0 Å². The molecule has 43 heavy (non-hydrogen) atoms. The summed E-state index contributed by atoms with van der Waals surface area (Å²) in [5.41, 5.74) is 2.82. The second-order valence-corrected chi connectivity index (χ2v) is 12.3. The molecule has 2 aromatic heterocycles. The van der Waals surface area contributed by atoms with Crippen LogP contribution in [0.1, 0.15) is 32.0 Å². The lowest BCUT2D eigenvalue weighted by Gasteiger charge is -2.19. The number of pyridine rings is 1. The van der Waals surface area contributed by atoms with Crippen LogP contribution in [0.4, 0.5) is 17.3 Å². The summed E-state index contributed by atoms with van der Waals surface area (Å²) in [5, 5.41) is 25.1. The molecule has 4 rings (SSSR count). The maximum Gasteiger partial charge on any atom is 0.251 e. The second-order valence-electron chi connectivity index (χ2n) is 10.5. The topological polar surface area (TPSA) is 123 Å². The zero-order valence-corrected chi connectivity index (χ0v) is 26.8. The van der Waals surface area contributed by atoms with Gasteiger partial charge in [0.1, 0.15) is 24.0 Å². The molecule has 0 saturated carbocycles. The quantitative estimate of drug-likeness (QED) is 0.100. The van der Waals surface area contributed by atoms with E-state index in [-0.39, 0.29) is 23.0 Å². The summed E-state index contributed by atoms with van der Waals surface area (Å²) in [7, 11) is 3.07. The summed E-state index contributed by atoms with van der Waals surface area (Å²) in [6, 6.07) is 16.6. The monoisotopic (exact) mass is 644 g/mol. The molecule has 0 saturated heterocycles. The van der Waals surface area contributed by atoms with Crippen molar-refractivity contribution < 1.29 is 19.4 Å². The second kappa shape index (κ2) is 14.3. The van der Waals surface area contributed by atoms with Crippen LogP contribution >= 0.6 is 35.0 Å². The fourth-order valence-corrected chi connectivity index (χ4v) is 5.45. The van der Waals surface area contributed by atoms with Crippen molar-refractivity contribution in [3.05, 3.63) is 82.1 Å². The number of carbonyl (C=O) groups excluding carboxylic acids is 1. The number of thioether (sulfide) groups is 1. The predicted octanol–water partition coefficient (Wildman–Crippen LogP) is 6.56. The van der Waals surface area contributed by atoms with Gasteiger partial charge in [-0.15, -0.1) is 11.8 Å². The lowest BCUT2D eigenvalue weighted by Crippen LogP contribution is -2.29. The average Bonchev–Trinajstić information content (AvgIpc) is 3.40. The van der Waals surface area contributed by atoms with E-state index in [1.807, 2.05) is 42.5 Å². The molecule has 0 aliphatic rings. The number of nitrogens with one attached hydrogen (secondary N) is 3. The van der Waals surface area contributed by atoms with Gasteiger partial charge in [0.25, 0.3) is 5.91 Å². The maximum absolute atomic E-state index is 11.8. The Hall–Kier alpha value is -3.48. The normalized spacial score (nSPS) is 12.1. The molecule has 228 valence electrons. The Morgan fingerprint density at radius 2 is 1.79 bits per heavy atom. The highest BCUT2D eigenvalue weighted by atomic mass is 35.5. The third kappa shape index (κ3) is 8.55. The van der Waals surface area contributed by atoms with Crippen LogP contribution in [0, 0.1) is 0 Å². The first-order valence-corrected chi connectivity index (χ1v) is 15.0. The van der Waals surface area contributed by atoms with E-state index in [0.717, 1.165) is 27.6 Å². The van der Waals surface area contributed by atoms with Gasteiger partial charge < -0.3 is 30.5 Å². The van der Waals surface area contributed by atoms with E-state index in [4.69, 9.17) is 37.8 Å². The van der Waals surface area contributed by atoms with Crippen molar-refractivity contribution >= 4 is 58.2 Å². The summed E-state index contributed by atoms with van der Waals surface area (Å²) in [4.78, 5) is 16.7. The minimum Gasteiger partial charge on any atom is -0.497 e. The number of hydrogen-bond donors (Lipinski definition) is 4. The van der Waals surface area contributed by atoms with E-state index in [1.54, 1.807) is 30.1 Å². The number of hydrogen-bond acceptors (Lipinski definition) is 9. The maximum atomic E-state index is 11.8. The minimum absolute atomic E-state index is 0.0520. The highest BCUT2D eigenvalue weighted by Gasteiger charge is 2.22. The summed E-state index contributed by atoms with van der Waals surface area (Å²) < 4.78 is 11.8. The molecule has 0 fully saturated rings. The van der Waals surface area contributed by atoms with Gasteiger partial charge in [0, 0.05) is 35.4 Å². The molecule has 0 aliphatic carbocycles. The number of carbonyl (C=O) groups is 1. The van der Waals surface area contributed by atoms with Gasteiger partial charge in [-0.05, 0) is 54.1 Å². The number of rotatable bonds is 12. The van der Waals surface area contributed by atoms with Gasteiger partial charge in [-0.2, -0.15) is 5.10 Å². The van der Waals surface area contributed by atoms with Crippen molar-refractivity contribution in [1.29, 1.82) is 0 Å². The molecule has 10 nitrogen and oxygen atoms in total. The van der Waals surface area contributed by atoms with Crippen LogP contribution in [0.15, 0.2) is 65.7 Å². The van der Waals surface area contributed by atoms with Gasteiger partial charge in [0.05, 0.1) is 34.2 Å². The van der Waals surface area contributed by atoms with Crippen LogP contribution in [-0.2, 0) is 20.7 Å². The molecular weight excluding hydrogens is 611 g/mol. The number of aliphatic hydroxyl groups excluding tert-OH is 1. The van der Waals surface area contributed by atoms with E-state index in [0.29, 0.717) is 28.1 Å². The molecular formula is C30H34Cl2N6O4S. The van der Waals surface area contributed by atoms with E-state index >= 15 is 0 Å². The average molecular weight is 646 g/mol. The van der Waals surface area contributed by atoms with Gasteiger partial charge in [0.15, 0.2) is 0 Å². The number of methoxy groups -OCH3 is 2. The molecule has 4 aromatic rings.